The Morgan fingerprint density at radius 2 is 1.81 bits per heavy atom. The predicted molar refractivity (Wildman–Crippen MR) is 93.3 cm³/mol. The lowest BCUT2D eigenvalue weighted by atomic mass is 10.1. The van der Waals surface area contributed by atoms with Gasteiger partial charge in [-0.3, -0.25) is 4.79 Å². The number of carbonyl (C=O) groups is 1. The third kappa shape index (κ3) is 3.43. The van der Waals surface area contributed by atoms with Crippen LogP contribution in [0.15, 0.2) is 53.4 Å². The Bertz CT molecular complexity index is 811. The Kier molecular flexibility index (Phi) is 4.55. The first-order valence-corrected chi connectivity index (χ1v) is 8.79. The zero-order valence-electron chi connectivity index (χ0n) is 10.8. The molecule has 0 aliphatic rings. The molecule has 0 aliphatic carbocycles. The van der Waals surface area contributed by atoms with E-state index in [1.807, 2.05) is 18.2 Å². The van der Waals surface area contributed by atoms with Crippen LogP contribution in [0.4, 0.5) is 0 Å². The summed E-state index contributed by atoms with van der Waals surface area (Å²) in [6.45, 7) is 0. The van der Waals surface area contributed by atoms with Crippen LogP contribution >= 0.6 is 46.3 Å². The van der Waals surface area contributed by atoms with E-state index in [1.165, 1.54) is 33.9 Å². The minimum Gasteiger partial charge on any atom is -0.293 e. The number of halogens is 2. The molecule has 3 rings (SSSR count). The van der Waals surface area contributed by atoms with Crippen molar-refractivity contribution in [1.29, 1.82) is 0 Å². The van der Waals surface area contributed by atoms with Gasteiger partial charge in [0.15, 0.2) is 5.78 Å². The topological polar surface area (TPSA) is 17.1 Å². The van der Waals surface area contributed by atoms with Crippen LogP contribution in [0.25, 0.3) is 10.8 Å². The van der Waals surface area contributed by atoms with Gasteiger partial charge in [0, 0.05) is 10.5 Å². The van der Waals surface area contributed by atoms with E-state index in [4.69, 9.17) is 23.2 Å². The second kappa shape index (κ2) is 6.41. The molecule has 21 heavy (non-hydrogen) atoms. The van der Waals surface area contributed by atoms with Gasteiger partial charge < -0.3 is 0 Å². The van der Waals surface area contributed by atoms with Crippen LogP contribution in [-0.4, -0.2) is 11.5 Å². The van der Waals surface area contributed by atoms with Crippen molar-refractivity contribution in [2.75, 3.05) is 5.75 Å². The second-order valence-electron chi connectivity index (χ2n) is 4.46. The first kappa shape index (κ1) is 14.9. The smallest absolute Gasteiger partial charge is 0.175 e. The highest BCUT2D eigenvalue weighted by molar-refractivity contribution is 8.00. The van der Waals surface area contributed by atoms with Crippen LogP contribution in [0, 0.1) is 0 Å². The Balaban J connectivity index is 1.74. The van der Waals surface area contributed by atoms with E-state index in [0.717, 1.165) is 4.90 Å². The van der Waals surface area contributed by atoms with Gasteiger partial charge in [0.1, 0.15) is 4.34 Å². The number of Topliss-reactive ketones (excluding diaryl/α,β-unsaturated/α-hetero) is 1. The Morgan fingerprint density at radius 3 is 2.52 bits per heavy atom. The van der Waals surface area contributed by atoms with Crippen molar-refractivity contribution in [3.8, 4) is 0 Å². The number of fused-ring (bicyclic) bond motifs is 1. The van der Waals surface area contributed by atoms with Crippen LogP contribution in [0.2, 0.25) is 8.67 Å². The third-order valence-corrected chi connectivity index (χ3v) is 5.53. The summed E-state index contributed by atoms with van der Waals surface area (Å²) in [6, 6.07) is 16.0. The molecule has 0 aliphatic heterocycles. The van der Waals surface area contributed by atoms with E-state index >= 15 is 0 Å². The second-order valence-corrected chi connectivity index (χ2v) is 7.79. The monoisotopic (exact) mass is 352 g/mol. The van der Waals surface area contributed by atoms with Crippen molar-refractivity contribution in [3.05, 3.63) is 62.8 Å². The van der Waals surface area contributed by atoms with Crippen molar-refractivity contribution in [2.24, 2.45) is 0 Å². The van der Waals surface area contributed by atoms with Crippen LogP contribution in [-0.2, 0) is 0 Å². The van der Waals surface area contributed by atoms with Gasteiger partial charge in [-0.15, -0.1) is 23.1 Å². The van der Waals surface area contributed by atoms with Crippen molar-refractivity contribution >= 4 is 62.9 Å². The first-order valence-electron chi connectivity index (χ1n) is 6.23. The van der Waals surface area contributed by atoms with Crippen LogP contribution in [0.3, 0.4) is 0 Å². The zero-order chi connectivity index (χ0) is 14.8. The van der Waals surface area contributed by atoms with Gasteiger partial charge in [-0.1, -0.05) is 53.5 Å². The summed E-state index contributed by atoms with van der Waals surface area (Å²) < 4.78 is 1.00. The number of thiophene rings is 1. The number of rotatable bonds is 4. The average molecular weight is 353 g/mol. The maximum absolute atomic E-state index is 12.2. The molecule has 0 bridgehead atoms. The summed E-state index contributed by atoms with van der Waals surface area (Å²) in [4.78, 5) is 13.2. The summed E-state index contributed by atoms with van der Waals surface area (Å²) in [5.74, 6) is 0.354. The van der Waals surface area contributed by atoms with E-state index < -0.39 is 0 Å². The number of hydrogen-bond acceptors (Lipinski definition) is 3. The Labute approximate surface area is 140 Å². The molecule has 0 saturated heterocycles. The Morgan fingerprint density at radius 1 is 1.05 bits per heavy atom. The molecule has 0 fully saturated rings. The third-order valence-electron chi connectivity index (χ3n) is 3.05. The minimum atomic E-state index is 0.00121. The number of carbonyl (C=O) groups excluding carboxylic acids is 1. The number of hydrogen-bond donors (Lipinski definition) is 0. The van der Waals surface area contributed by atoms with Gasteiger partial charge >= 0.3 is 0 Å². The van der Waals surface area contributed by atoms with Gasteiger partial charge in [0.05, 0.1) is 10.1 Å². The SMILES string of the molecule is O=C(CSc1ccc2ccccc2c1)c1cc(Cl)sc1Cl. The molecule has 0 unspecified atom stereocenters. The molecule has 0 atom stereocenters. The highest BCUT2D eigenvalue weighted by Crippen LogP contribution is 2.32. The lowest BCUT2D eigenvalue weighted by Crippen LogP contribution is -2.01. The van der Waals surface area contributed by atoms with Crippen molar-refractivity contribution in [1.82, 2.24) is 0 Å². The highest BCUT2D eigenvalue weighted by atomic mass is 35.5. The first-order chi connectivity index (χ1) is 10.1. The normalized spacial score (nSPS) is 11.0. The van der Waals surface area contributed by atoms with Gasteiger partial charge in [0.25, 0.3) is 0 Å². The molecule has 2 aromatic carbocycles. The quantitative estimate of drug-likeness (QED) is 0.411. The average Bonchev–Trinajstić information content (AvgIpc) is 2.83. The van der Waals surface area contributed by atoms with E-state index in [0.29, 0.717) is 20.0 Å². The molecule has 0 spiro atoms. The molecule has 1 heterocycles. The van der Waals surface area contributed by atoms with Crippen molar-refractivity contribution in [2.45, 2.75) is 4.90 Å². The lowest BCUT2D eigenvalue weighted by molar-refractivity contribution is 0.102. The van der Waals surface area contributed by atoms with Crippen LogP contribution in [0.1, 0.15) is 10.4 Å². The predicted octanol–water partition coefficient (Wildman–Crippen LogP) is 6.18. The van der Waals surface area contributed by atoms with Gasteiger partial charge in [-0.25, -0.2) is 0 Å². The molecule has 0 N–H and O–H groups in total. The molecule has 5 heteroatoms. The highest BCUT2D eigenvalue weighted by Gasteiger charge is 2.14. The van der Waals surface area contributed by atoms with Gasteiger partial charge in [-0.05, 0) is 29.0 Å². The largest absolute Gasteiger partial charge is 0.293 e. The number of thioether (sulfide) groups is 1. The molecule has 0 radical (unpaired) electrons. The zero-order valence-corrected chi connectivity index (χ0v) is 14.0. The molecule has 3 aromatic rings. The molecular formula is C16H10Cl2OS2. The molecule has 1 nitrogen and oxygen atoms in total. The standard InChI is InChI=1S/C16H10Cl2OS2/c17-15-8-13(16(18)21-15)14(19)9-20-12-6-5-10-3-1-2-4-11(10)7-12/h1-8H,9H2. The number of ketones is 1. The van der Waals surface area contributed by atoms with Crippen LogP contribution in [0.5, 0.6) is 0 Å². The maximum atomic E-state index is 12.2. The summed E-state index contributed by atoms with van der Waals surface area (Å²) in [6.07, 6.45) is 0. The van der Waals surface area contributed by atoms with E-state index in [-0.39, 0.29) is 5.78 Å². The summed E-state index contributed by atoms with van der Waals surface area (Å²) >= 11 is 14.6. The fraction of sp³-hybridized carbons (Fsp3) is 0.0625. The van der Waals surface area contributed by atoms with E-state index in [9.17, 15) is 4.79 Å². The summed E-state index contributed by atoms with van der Waals surface area (Å²) in [5, 5.41) is 2.37. The minimum absolute atomic E-state index is 0.00121. The molecule has 0 amide bonds. The van der Waals surface area contributed by atoms with Crippen molar-refractivity contribution < 1.29 is 4.79 Å². The number of benzene rings is 2. The Hall–Kier alpha value is -1.000. The molecular weight excluding hydrogens is 343 g/mol. The summed E-state index contributed by atoms with van der Waals surface area (Å²) in [7, 11) is 0. The molecule has 106 valence electrons. The maximum Gasteiger partial charge on any atom is 0.175 e. The van der Waals surface area contributed by atoms with Gasteiger partial charge in [0.2, 0.25) is 0 Å². The van der Waals surface area contributed by atoms with E-state index in [1.54, 1.807) is 6.07 Å². The van der Waals surface area contributed by atoms with Crippen LogP contribution < -0.4 is 0 Å². The molecule has 0 saturated carbocycles. The fourth-order valence-corrected chi connectivity index (χ4v) is 4.34. The fourth-order valence-electron chi connectivity index (χ4n) is 2.01. The lowest BCUT2D eigenvalue weighted by Gasteiger charge is -2.03. The van der Waals surface area contributed by atoms with Crippen molar-refractivity contribution in [3.63, 3.8) is 0 Å². The van der Waals surface area contributed by atoms with Gasteiger partial charge in [-0.2, -0.15) is 0 Å². The summed E-state index contributed by atoms with van der Waals surface area (Å²) in [5.41, 5.74) is 0.514. The molecule has 1 aromatic heterocycles. The van der Waals surface area contributed by atoms with E-state index in [2.05, 4.69) is 24.3 Å².